The fraction of sp³-hybridized carbons (Fsp3) is 0.118. The Kier molecular flexibility index (Phi) is 5.51. The van der Waals surface area contributed by atoms with E-state index in [2.05, 4.69) is 15.5 Å². The van der Waals surface area contributed by atoms with Crippen LogP contribution in [0.15, 0.2) is 59.1 Å². The number of anilines is 1. The van der Waals surface area contributed by atoms with Crippen molar-refractivity contribution in [1.82, 2.24) is 10.1 Å². The number of benzene rings is 2. The first kappa shape index (κ1) is 16.5. The SMILES string of the molecule is O=C(CSCc1nc(-c2ccccc2Cl)no1)Nc1ccccc1. The van der Waals surface area contributed by atoms with Crippen molar-refractivity contribution in [2.45, 2.75) is 5.75 Å². The number of hydrogen-bond donors (Lipinski definition) is 1. The minimum Gasteiger partial charge on any atom is -0.338 e. The standard InChI is InChI=1S/C17H14ClN3O2S/c18-14-9-5-4-8-13(14)17-20-16(23-21-17)11-24-10-15(22)19-12-6-2-1-3-7-12/h1-9H,10-11H2,(H,19,22). The van der Waals surface area contributed by atoms with Crippen molar-refractivity contribution in [3.63, 3.8) is 0 Å². The van der Waals surface area contributed by atoms with Crippen LogP contribution in [0.1, 0.15) is 5.89 Å². The smallest absolute Gasteiger partial charge is 0.236 e. The summed E-state index contributed by atoms with van der Waals surface area (Å²) in [5, 5.41) is 7.32. The first-order valence-electron chi connectivity index (χ1n) is 7.22. The fourth-order valence-corrected chi connectivity index (χ4v) is 2.89. The summed E-state index contributed by atoms with van der Waals surface area (Å²) in [6.07, 6.45) is 0. The van der Waals surface area contributed by atoms with Crippen LogP contribution in [0.2, 0.25) is 5.02 Å². The van der Waals surface area contributed by atoms with E-state index < -0.39 is 0 Å². The second-order valence-corrected chi connectivity index (χ2v) is 6.29. The number of para-hydroxylation sites is 1. The van der Waals surface area contributed by atoms with Crippen molar-refractivity contribution in [3.05, 3.63) is 65.5 Å². The van der Waals surface area contributed by atoms with Gasteiger partial charge in [-0.05, 0) is 24.3 Å². The lowest BCUT2D eigenvalue weighted by atomic mass is 10.2. The molecule has 1 N–H and O–H groups in total. The predicted octanol–water partition coefficient (Wildman–Crippen LogP) is 4.26. The Bertz CT molecular complexity index is 823. The zero-order valence-corrected chi connectivity index (χ0v) is 14.2. The molecule has 7 heteroatoms. The van der Waals surface area contributed by atoms with E-state index in [9.17, 15) is 4.79 Å². The minimum absolute atomic E-state index is 0.0722. The van der Waals surface area contributed by atoms with Crippen molar-refractivity contribution in [3.8, 4) is 11.4 Å². The Morgan fingerprint density at radius 2 is 1.88 bits per heavy atom. The summed E-state index contributed by atoms with van der Waals surface area (Å²) < 4.78 is 5.20. The van der Waals surface area contributed by atoms with Gasteiger partial charge in [0.05, 0.1) is 16.5 Å². The summed E-state index contributed by atoms with van der Waals surface area (Å²) in [6, 6.07) is 16.6. The van der Waals surface area contributed by atoms with Gasteiger partial charge in [0.25, 0.3) is 0 Å². The van der Waals surface area contributed by atoms with E-state index in [0.29, 0.717) is 28.2 Å². The molecule has 0 unspecified atom stereocenters. The first-order valence-corrected chi connectivity index (χ1v) is 8.76. The molecule has 5 nitrogen and oxygen atoms in total. The molecule has 2 aromatic carbocycles. The summed E-state index contributed by atoms with van der Waals surface area (Å²) in [5.41, 5.74) is 1.50. The van der Waals surface area contributed by atoms with Crippen LogP contribution in [0.25, 0.3) is 11.4 Å². The molecule has 122 valence electrons. The second kappa shape index (κ2) is 7.99. The van der Waals surface area contributed by atoms with Crippen LogP contribution in [-0.2, 0) is 10.5 Å². The van der Waals surface area contributed by atoms with Gasteiger partial charge in [-0.1, -0.05) is 47.1 Å². The molecule has 0 fully saturated rings. The number of carbonyl (C=O) groups excluding carboxylic acids is 1. The number of aromatic nitrogens is 2. The van der Waals surface area contributed by atoms with Crippen LogP contribution in [0.5, 0.6) is 0 Å². The number of hydrogen-bond acceptors (Lipinski definition) is 5. The molecule has 0 aliphatic heterocycles. The molecule has 0 saturated carbocycles. The Morgan fingerprint density at radius 3 is 2.67 bits per heavy atom. The van der Waals surface area contributed by atoms with Gasteiger partial charge in [0.15, 0.2) is 0 Å². The maximum atomic E-state index is 11.9. The van der Waals surface area contributed by atoms with Gasteiger partial charge in [0.1, 0.15) is 0 Å². The Hall–Kier alpha value is -2.31. The lowest BCUT2D eigenvalue weighted by Gasteiger charge is -2.03. The predicted molar refractivity (Wildman–Crippen MR) is 96.0 cm³/mol. The number of amides is 1. The lowest BCUT2D eigenvalue weighted by molar-refractivity contribution is -0.113. The van der Waals surface area contributed by atoms with Gasteiger partial charge < -0.3 is 9.84 Å². The van der Waals surface area contributed by atoms with E-state index in [4.69, 9.17) is 16.1 Å². The average molecular weight is 360 g/mol. The third-order valence-electron chi connectivity index (χ3n) is 3.10. The van der Waals surface area contributed by atoms with Crippen LogP contribution in [0.3, 0.4) is 0 Å². The van der Waals surface area contributed by atoms with Crippen LogP contribution >= 0.6 is 23.4 Å². The van der Waals surface area contributed by atoms with E-state index in [1.807, 2.05) is 48.5 Å². The van der Waals surface area contributed by atoms with E-state index in [0.717, 1.165) is 11.3 Å². The van der Waals surface area contributed by atoms with Crippen LogP contribution in [0.4, 0.5) is 5.69 Å². The normalized spacial score (nSPS) is 10.5. The molecule has 0 spiro atoms. The highest BCUT2D eigenvalue weighted by Crippen LogP contribution is 2.25. The molecule has 1 heterocycles. The van der Waals surface area contributed by atoms with Crippen molar-refractivity contribution in [2.75, 3.05) is 11.1 Å². The zero-order valence-electron chi connectivity index (χ0n) is 12.6. The maximum absolute atomic E-state index is 11.9. The van der Waals surface area contributed by atoms with E-state index in [1.54, 1.807) is 6.07 Å². The molecule has 0 aliphatic carbocycles. The van der Waals surface area contributed by atoms with Crippen molar-refractivity contribution < 1.29 is 9.32 Å². The fourth-order valence-electron chi connectivity index (χ4n) is 2.02. The van der Waals surface area contributed by atoms with Gasteiger partial charge in [-0.3, -0.25) is 4.79 Å². The molecule has 0 atom stereocenters. The third kappa shape index (κ3) is 4.37. The molecule has 0 radical (unpaired) electrons. The Balaban J connectivity index is 1.51. The summed E-state index contributed by atoms with van der Waals surface area (Å²) >= 11 is 7.52. The number of halogens is 1. The van der Waals surface area contributed by atoms with E-state index in [-0.39, 0.29) is 5.91 Å². The lowest BCUT2D eigenvalue weighted by Crippen LogP contribution is -2.13. The van der Waals surface area contributed by atoms with Gasteiger partial charge in [-0.2, -0.15) is 4.98 Å². The molecular weight excluding hydrogens is 346 g/mol. The minimum atomic E-state index is -0.0722. The molecule has 1 amide bonds. The van der Waals surface area contributed by atoms with E-state index >= 15 is 0 Å². The molecule has 3 rings (SSSR count). The van der Waals surface area contributed by atoms with Gasteiger partial charge in [0, 0.05) is 11.3 Å². The second-order valence-electron chi connectivity index (χ2n) is 4.90. The Labute approximate surface area is 148 Å². The largest absolute Gasteiger partial charge is 0.338 e. The highest BCUT2D eigenvalue weighted by molar-refractivity contribution is 7.99. The van der Waals surface area contributed by atoms with Crippen LogP contribution < -0.4 is 5.32 Å². The van der Waals surface area contributed by atoms with Gasteiger partial charge in [-0.15, -0.1) is 11.8 Å². The molecule has 0 aliphatic rings. The zero-order chi connectivity index (χ0) is 16.8. The van der Waals surface area contributed by atoms with Gasteiger partial charge >= 0.3 is 0 Å². The Morgan fingerprint density at radius 1 is 1.12 bits per heavy atom. The maximum Gasteiger partial charge on any atom is 0.236 e. The van der Waals surface area contributed by atoms with E-state index in [1.165, 1.54) is 11.8 Å². The highest BCUT2D eigenvalue weighted by Gasteiger charge is 2.12. The van der Waals surface area contributed by atoms with Crippen LogP contribution in [0, 0.1) is 0 Å². The van der Waals surface area contributed by atoms with Gasteiger partial charge in [0.2, 0.25) is 17.6 Å². The monoisotopic (exact) mass is 359 g/mol. The van der Waals surface area contributed by atoms with Gasteiger partial charge in [-0.25, -0.2) is 0 Å². The van der Waals surface area contributed by atoms with Crippen molar-refractivity contribution in [1.29, 1.82) is 0 Å². The molecule has 3 aromatic rings. The summed E-state index contributed by atoms with van der Waals surface area (Å²) in [4.78, 5) is 16.2. The van der Waals surface area contributed by atoms with Crippen LogP contribution in [-0.4, -0.2) is 21.8 Å². The first-order chi connectivity index (χ1) is 11.7. The molecule has 0 bridgehead atoms. The molecular formula is C17H14ClN3O2S. The quantitative estimate of drug-likeness (QED) is 0.712. The molecule has 1 aromatic heterocycles. The van der Waals surface area contributed by atoms with Crippen molar-refractivity contribution in [2.24, 2.45) is 0 Å². The number of nitrogens with zero attached hydrogens (tertiary/aromatic N) is 2. The third-order valence-corrected chi connectivity index (χ3v) is 4.35. The van der Waals surface area contributed by atoms with Crippen molar-refractivity contribution >= 4 is 35.0 Å². The number of carbonyl (C=O) groups is 1. The topological polar surface area (TPSA) is 68.0 Å². The average Bonchev–Trinajstić information content (AvgIpc) is 3.05. The molecule has 24 heavy (non-hydrogen) atoms. The summed E-state index contributed by atoms with van der Waals surface area (Å²) in [7, 11) is 0. The molecule has 0 saturated heterocycles. The number of rotatable bonds is 6. The highest BCUT2D eigenvalue weighted by atomic mass is 35.5. The summed E-state index contributed by atoms with van der Waals surface area (Å²) in [5.74, 6) is 1.60. The number of nitrogens with one attached hydrogen (secondary N) is 1. The number of thioether (sulfide) groups is 1. The summed E-state index contributed by atoms with van der Waals surface area (Å²) in [6.45, 7) is 0.